The van der Waals surface area contributed by atoms with Crippen LogP contribution in [0.2, 0.25) is 10.0 Å². The number of likely N-dealkylation sites (N-methyl/N-ethyl adjacent to an activating group) is 2. The molecule has 8 amide bonds. The van der Waals surface area contributed by atoms with Gasteiger partial charge in [-0.2, -0.15) is 19.9 Å². The predicted molar refractivity (Wildman–Crippen MR) is 474 cm³/mol. The standard InChI is InChI=1S/C23H29N7O.C22H27N7O.C21H24ClN7O2.C21H24ClN7O/c1-15(2)20-13-28(5)23(31)30(20)21-10-11-24-22(27-21)26-17(4)19-12-29(14-25-19)18-8-6-16(3)7-9-18;1-14(2)19-11-24-22(30)29(19)20-9-10-23-21(27-20)26-16(4)18-12-28(13-25-18)17-7-5-15(3)6-8-17;1-13(17-10-28(12-24-17)16-6-4-15(22)5-7-16)25-20-23-9-8-19(26-20)29-18(14(2)30)11-27(3)21(29)31;1-13(2)18-10-24-21(30)29(18)19-8-9-23-20(27-19)26-14(3)17-11-28(12-25-17)16-6-4-15(22)5-7-16/h6-12,14-15,17,20H,13H2,1-5H3,(H,24,26,27);5-10,12-14,16,19H,11H2,1-4H3,(H,24,30)(H,23,26,27);4-10,12-14,18,30H,11H2,1-3H3,(H,23,25,26);4-9,11-14,18H,10H2,1-3H3,(H,24,30)(H,23,26,27)/t17-,20+;16-,19+;13-,14+,18+;14-,18+/m0000/s1/i13D2;11D2;;10D2. The fraction of sp³-hybridized carbons (Fsp3) is 0.356. The van der Waals surface area contributed by atoms with Crippen LogP contribution in [0.25, 0.3) is 22.7 Å². The lowest BCUT2D eigenvalue weighted by Gasteiger charge is -2.25. The minimum absolute atomic E-state index is 0.107. The number of rotatable bonds is 24. The topological polar surface area (TPSA) is 355 Å². The molecule has 0 saturated carbocycles. The van der Waals surface area contributed by atoms with Gasteiger partial charge in [0.25, 0.3) is 0 Å². The van der Waals surface area contributed by atoms with Gasteiger partial charge in [0.2, 0.25) is 23.8 Å². The predicted octanol–water partition coefficient (Wildman–Crippen LogP) is 14.9. The van der Waals surface area contributed by atoms with Gasteiger partial charge in [-0.05, 0) is 163 Å². The summed E-state index contributed by atoms with van der Waals surface area (Å²) in [6.07, 6.45) is 20.3. The van der Waals surface area contributed by atoms with Gasteiger partial charge in [-0.3, -0.25) is 19.6 Å². The van der Waals surface area contributed by atoms with Crippen LogP contribution >= 0.6 is 23.2 Å². The SMILES string of the molecule is C[C@H](Nc1nccc(N2C(=O)N(C)C[C@@H]2[C@@H](C)O)n1)c1cn(-c2ccc(Cl)cc2)cn1.[2H]C1([2H])NC(=O)N(c2ccnc(N[C@@H](C)c3cn(-c4ccc(C)cc4)cn3)n2)[C@H]1C(C)C.[2H]C1([2H])NC(=O)N(c2ccnc(N[C@@H](C)c3cn(-c4ccc(Cl)cc4)cn3)n2)[C@H]1C(C)C.[2H]C1([2H])[C@H](C(C)C)N(c2ccnc(N[C@@H](C)c3cn(-c4ccc(C)cc4)cn3)n2)C(=O)N1C. The number of urea groups is 4. The van der Waals surface area contributed by atoms with Gasteiger partial charge in [0.15, 0.2) is 0 Å². The van der Waals surface area contributed by atoms with E-state index in [-0.39, 0.29) is 54.0 Å². The molecule has 7 N–H and O–H groups in total. The van der Waals surface area contributed by atoms with E-state index in [1.54, 1.807) is 93.2 Å². The van der Waals surface area contributed by atoms with Crippen molar-refractivity contribution in [1.29, 1.82) is 0 Å². The molecule has 0 radical (unpaired) electrons. The van der Waals surface area contributed by atoms with Gasteiger partial charge in [-0.25, -0.2) is 59.0 Å². The molecule has 4 aliphatic heterocycles. The van der Waals surface area contributed by atoms with Gasteiger partial charge < -0.3 is 65.1 Å². The molecule has 16 rings (SSSR count). The molecular weight excluding hydrogens is 1590 g/mol. The Bertz CT molecular complexity index is 5690. The third kappa shape index (κ3) is 20.6. The van der Waals surface area contributed by atoms with Crippen molar-refractivity contribution in [2.75, 3.05) is 81.0 Å². The second kappa shape index (κ2) is 38.5. The Balaban J connectivity index is 0.000000146. The Labute approximate surface area is 727 Å². The average Bonchev–Trinajstić information content (AvgIpc) is 1.52. The van der Waals surface area contributed by atoms with Gasteiger partial charge in [-0.1, -0.05) is 100 Å². The van der Waals surface area contributed by atoms with Gasteiger partial charge in [0.1, 0.15) is 23.3 Å². The van der Waals surface area contributed by atoms with Crippen molar-refractivity contribution in [3.8, 4) is 22.7 Å². The quantitative estimate of drug-likeness (QED) is 0.0295. The third-order valence-corrected chi connectivity index (χ3v) is 21.1. The molecular formula is C87H104Cl2N28O5. The molecule has 9 atom stereocenters. The van der Waals surface area contributed by atoms with E-state index >= 15 is 0 Å². The number of hydrogen-bond donors (Lipinski definition) is 7. The highest BCUT2D eigenvalue weighted by atomic mass is 35.5. The number of anilines is 8. The molecule has 0 aliphatic carbocycles. The summed E-state index contributed by atoms with van der Waals surface area (Å²) in [5, 5.41) is 29.2. The molecule has 4 saturated heterocycles. The van der Waals surface area contributed by atoms with Crippen molar-refractivity contribution >= 4 is 94.4 Å². The number of aryl methyl sites for hydroxylation is 2. The van der Waals surface area contributed by atoms with Crippen LogP contribution in [-0.4, -0.2) is 188 Å². The Kier molecular flexibility index (Phi) is 24.8. The summed E-state index contributed by atoms with van der Waals surface area (Å²) in [5.74, 6) is 2.51. The number of carbonyl (C=O) groups excluding carboxylic acids is 4. The first-order chi connectivity index (χ1) is 60.7. The smallest absolute Gasteiger partial charge is 0.325 e. The number of carbonyl (C=O) groups is 4. The van der Waals surface area contributed by atoms with E-state index in [9.17, 15) is 24.3 Å². The van der Waals surface area contributed by atoms with Gasteiger partial charge in [-0.15, -0.1) is 0 Å². The normalized spacial score (nSPS) is 19.6. The first kappa shape index (κ1) is 78.7. The lowest BCUT2D eigenvalue weighted by molar-refractivity contribution is 0.164. The number of benzene rings is 4. The number of nitrogens with zero attached hydrogens (tertiary/aromatic N) is 22. The van der Waals surface area contributed by atoms with Crippen molar-refractivity contribution in [2.24, 2.45) is 17.8 Å². The Hall–Kier alpha value is -13.1. The molecule has 8 aromatic heterocycles. The van der Waals surface area contributed by atoms with E-state index in [2.05, 4.69) is 123 Å². The Morgan fingerprint density at radius 2 is 0.664 bits per heavy atom. The first-order valence-electron chi connectivity index (χ1n) is 43.0. The summed E-state index contributed by atoms with van der Waals surface area (Å²) in [6.45, 7) is 19.8. The highest BCUT2D eigenvalue weighted by Gasteiger charge is 2.42. The molecule has 4 aliphatic rings. The fourth-order valence-electron chi connectivity index (χ4n) is 13.6. The van der Waals surface area contributed by atoms with E-state index in [1.807, 2.05) is 192 Å². The van der Waals surface area contributed by atoms with Crippen LogP contribution in [0, 0.1) is 31.6 Å². The maximum Gasteiger partial charge on any atom is 0.325 e. The first-order valence-corrected chi connectivity index (χ1v) is 40.7. The molecule has 636 valence electrons. The summed E-state index contributed by atoms with van der Waals surface area (Å²) in [4.78, 5) is 112. The van der Waals surface area contributed by atoms with E-state index in [0.717, 1.165) is 50.4 Å². The van der Waals surface area contributed by atoms with Crippen molar-refractivity contribution in [3.63, 3.8) is 0 Å². The maximum absolute atomic E-state index is 12.9. The molecule has 4 aromatic carbocycles. The molecule has 0 spiro atoms. The molecule has 35 heteroatoms. The van der Waals surface area contributed by atoms with E-state index in [0.29, 0.717) is 63.7 Å². The lowest BCUT2D eigenvalue weighted by Crippen LogP contribution is -2.41. The van der Waals surface area contributed by atoms with E-state index < -0.39 is 61.8 Å². The number of aliphatic hydroxyl groups excluding tert-OH is 1. The molecule has 0 unspecified atom stereocenters. The number of aliphatic hydroxyl groups is 1. The zero-order chi connectivity index (χ0) is 92.1. The van der Waals surface area contributed by atoms with Gasteiger partial charge in [0, 0.05) is 123 Å². The molecule has 0 bridgehead atoms. The Morgan fingerprint density at radius 3 is 0.959 bits per heavy atom. The number of amides is 8. The molecule has 12 heterocycles. The second-order valence-corrected chi connectivity index (χ2v) is 31.9. The number of halogens is 2. The van der Waals surface area contributed by atoms with Crippen LogP contribution in [0.4, 0.5) is 66.2 Å². The average molecular weight is 1700 g/mol. The van der Waals surface area contributed by atoms with E-state index in [4.69, 9.17) is 31.4 Å². The second-order valence-electron chi connectivity index (χ2n) is 31.0. The largest absolute Gasteiger partial charge is 0.391 e. The summed E-state index contributed by atoms with van der Waals surface area (Å²) < 4.78 is 57.2. The van der Waals surface area contributed by atoms with Crippen LogP contribution in [0.5, 0.6) is 0 Å². The minimum Gasteiger partial charge on any atom is -0.391 e. The van der Waals surface area contributed by atoms with Gasteiger partial charge in [0.05, 0.1) is 111 Å². The van der Waals surface area contributed by atoms with Crippen LogP contribution in [-0.2, 0) is 0 Å². The summed E-state index contributed by atoms with van der Waals surface area (Å²) in [7, 11) is 3.18. The van der Waals surface area contributed by atoms with Crippen LogP contribution < -0.4 is 51.5 Å². The molecule has 4 fully saturated rings. The third-order valence-electron chi connectivity index (χ3n) is 20.6. The van der Waals surface area contributed by atoms with Crippen molar-refractivity contribution in [1.82, 2.24) is 98.5 Å². The number of aromatic nitrogens is 16. The Morgan fingerprint density at radius 1 is 0.385 bits per heavy atom. The van der Waals surface area contributed by atoms with E-state index in [1.165, 1.54) is 37.8 Å². The molecule has 12 aromatic rings. The molecule has 33 nitrogen and oxygen atoms in total. The van der Waals surface area contributed by atoms with Crippen molar-refractivity contribution in [3.05, 3.63) is 240 Å². The van der Waals surface area contributed by atoms with Crippen molar-refractivity contribution in [2.45, 2.75) is 144 Å². The molecule has 122 heavy (non-hydrogen) atoms. The van der Waals surface area contributed by atoms with Crippen LogP contribution in [0.15, 0.2) is 196 Å². The van der Waals surface area contributed by atoms with Gasteiger partial charge >= 0.3 is 24.1 Å². The fourth-order valence-corrected chi connectivity index (χ4v) is 13.9. The maximum atomic E-state index is 12.9. The minimum atomic E-state index is -1.86. The highest BCUT2D eigenvalue weighted by Crippen LogP contribution is 2.33. The number of imidazole rings is 4. The summed E-state index contributed by atoms with van der Waals surface area (Å²) >= 11 is 11.9. The zero-order valence-electron chi connectivity index (χ0n) is 76.3. The number of hydrogen-bond acceptors (Lipinski definition) is 21. The summed E-state index contributed by atoms with van der Waals surface area (Å²) in [6, 6.07) is 33.0. The monoisotopic (exact) mass is 1700 g/mol. The van der Waals surface area contributed by atoms with Crippen LogP contribution in [0.1, 0.15) is 142 Å². The zero-order valence-corrected chi connectivity index (χ0v) is 71.8. The highest BCUT2D eigenvalue weighted by molar-refractivity contribution is 6.30. The summed E-state index contributed by atoms with van der Waals surface area (Å²) in [5.41, 5.74) is 9.55. The number of nitrogens with one attached hydrogen (secondary N) is 6. The van der Waals surface area contributed by atoms with Crippen molar-refractivity contribution < 1.29 is 32.5 Å². The lowest BCUT2D eigenvalue weighted by atomic mass is 10.0. The van der Waals surface area contributed by atoms with Crippen LogP contribution in [0.3, 0.4) is 0 Å².